The quantitative estimate of drug-likeness (QED) is 0.600. The van der Waals surface area contributed by atoms with E-state index in [-0.39, 0.29) is 5.91 Å². The Morgan fingerprint density at radius 2 is 1.96 bits per heavy atom. The molecule has 0 aliphatic carbocycles. The molecular formula is C17H12N4OS. The summed E-state index contributed by atoms with van der Waals surface area (Å²) in [7, 11) is 0. The topological polar surface area (TPSA) is 70.7 Å². The summed E-state index contributed by atoms with van der Waals surface area (Å²) in [6.45, 7) is 0. The van der Waals surface area contributed by atoms with E-state index in [2.05, 4.69) is 20.3 Å². The number of thiazole rings is 1. The zero-order valence-electron chi connectivity index (χ0n) is 12.0. The Morgan fingerprint density at radius 3 is 2.74 bits per heavy atom. The highest BCUT2D eigenvalue weighted by Crippen LogP contribution is 2.23. The molecule has 1 amide bonds. The molecule has 0 fully saturated rings. The molecule has 5 nitrogen and oxygen atoms in total. The van der Waals surface area contributed by atoms with Crippen molar-refractivity contribution >= 4 is 34.0 Å². The molecule has 112 valence electrons. The van der Waals surface area contributed by atoms with Gasteiger partial charge in [-0.3, -0.25) is 4.79 Å². The maximum absolute atomic E-state index is 12.3. The second kappa shape index (κ2) is 5.66. The van der Waals surface area contributed by atoms with Crippen LogP contribution in [0.15, 0.2) is 60.4 Å². The van der Waals surface area contributed by atoms with Crippen molar-refractivity contribution in [3.05, 3.63) is 65.9 Å². The Kier molecular flexibility index (Phi) is 3.36. The fourth-order valence-electron chi connectivity index (χ4n) is 2.34. The molecule has 0 spiro atoms. The Morgan fingerprint density at radius 1 is 1.09 bits per heavy atom. The number of amides is 1. The van der Waals surface area contributed by atoms with Crippen molar-refractivity contribution in [2.45, 2.75) is 0 Å². The van der Waals surface area contributed by atoms with Crippen LogP contribution in [0.25, 0.3) is 21.6 Å². The van der Waals surface area contributed by atoms with Crippen LogP contribution in [-0.4, -0.2) is 20.9 Å². The second-order valence-electron chi connectivity index (χ2n) is 5.00. The van der Waals surface area contributed by atoms with Gasteiger partial charge in [-0.05, 0) is 42.5 Å². The second-order valence-corrected chi connectivity index (χ2v) is 5.90. The molecule has 2 N–H and O–H groups in total. The highest BCUT2D eigenvalue weighted by atomic mass is 32.1. The standard InChI is InChI=1S/C17H12N4OS/c22-16(12-3-6-14-15(9-12)20-10-19-14)21-13-4-1-11(2-5-13)17-18-7-8-23-17/h1-10H,(H,19,20)(H,21,22). The third-order valence-corrected chi connectivity index (χ3v) is 4.33. The number of anilines is 1. The lowest BCUT2D eigenvalue weighted by Gasteiger charge is -2.06. The monoisotopic (exact) mass is 320 g/mol. The Hall–Kier alpha value is -2.99. The van der Waals surface area contributed by atoms with E-state index < -0.39 is 0 Å². The van der Waals surface area contributed by atoms with Gasteiger partial charge in [-0.15, -0.1) is 11.3 Å². The van der Waals surface area contributed by atoms with Crippen molar-refractivity contribution in [1.82, 2.24) is 15.0 Å². The first-order valence-electron chi connectivity index (χ1n) is 7.04. The number of nitrogens with zero attached hydrogens (tertiary/aromatic N) is 2. The molecule has 0 bridgehead atoms. The normalized spacial score (nSPS) is 10.8. The first-order chi connectivity index (χ1) is 11.3. The van der Waals surface area contributed by atoms with Crippen LogP contribution in [0.4, 0.5) is 5.69 Å². The van der Waals surface area contributed by atoms with Gasteiger partial charge in [0.1, 0.15) is 5.01 Å². The highest BCUT2D eigenvalue weighted by Gasteiger charge is 2.08. The fraction of sp³-hybridized carbons (Fsp3) is 0. The minimum atomic E-state index is -0.150. The van der Waals surface area contributed by atoms with Gasteiger partial charge in [-0.2, -0.15) is 0 Å². The Balaban J connectivity index is 1.53. The van der Waals surface area contributed by atoms with Gasteiger partial charge in [-0.25, -0.2) is 9.97 Å². The van der Waals surface area contributed by atoms with Crippen molar-refractivity contribution < 1.29 is 4.79 Å². The van der Waals surface area contributed by atoms with Crippen LogP contribution in [-0.2, 0) is 0 Å². The summed E-state index contributed by atoms with van der Waals surface area (Å²) >= 11 is 1.59. The number of fused-ring (bicyclic) bond motifs is 1. The third kappa shape index (κ3) is 2.72. The maximum Gasteiger partial charge on any atom is 0.255 e. The summed E-state index contributed by atoms with van der Waals surface area (Å²) in [6.07, 6.45) is 3.39. The van der Waals surface area contributed by atoms with Crippen LogP contribution in [0, 0.1) is 0 Å². The van der Waals surface area contributed by atoms with Gasteiger partial charge in [0.05, 0.1) is 17.4 Å². The molecule has 6 heteroatoms. The lowest BCUT2D eigenvalue weighted by atomic mass is 10.1. The van der Waals surface area contributed by atoms with Crippen LogP contribution in [0.2, 0.25) is 0 Å². The summed E-state index contributed by atoms with van der Waals surface area (Å²) in [4.78, 5) is 23.8. The first kappa shape index (κ1) is 13.7. The number of rotatable bonds is 3. The van der Waals surface area contributed by atoms with Gasteiger partial charge >= 0.3 is 0 Å². The summed E-state index contributed by atoms with van der Waals surface area (Å²) in [5.41, 5.74) is 4.06. The molecule has 23 heavy (non-hydrogen) atoms. The summed E-state index contributed by atoms with van der Waals surface area (Å²) in [5, 5.41) is 5.80. The Bertz CT molecular complexity index is 958. The van der Waals surface area contributed by atoms with Gasteiger partial charge in [0.25, 0.3) is 5.91 Å². The average molecular weight is 320 g/mol. The predicted molar refractivity (Wildman–Crippen MR) is 91.6 cm³/mol. The first-order valence-corrected chi connectivity index (χ1v) is 7.92. The number of aromatic amines is 1. The molecule has 4 aromatic rings. The van der Waals surface area contributed by atoms with E-state index in [0.29, 0.717) is 5.56 Å². The van der Waals surface area contributed by atoms with E-state index in [0.717, 1.165) is 27.3 Å². The third-order valence-electron chi connectivity index (χ3n) is 3.50. The molecule has 0 aliphatic heterocycles. The largest absolute Gasteiger partial charge is 0.345 e. The molecule has 0 saturated carbocycles. The van der Waals surface area contributed by atoms with Crippen molar-refractivity contribution in [2.75, 3.05) is 5.32 Å². The summed E-state index contributed by atoms with van der Waals surface area (Å²) in [6, 6.07) is 13.0. The highest BCUT2D eigenvalue weighted by molar-refractivity contribution is 7.13. The van der Waals surface area contributed by atoms with Gasteiger partial charge in [0.15, 0.2) is 0 Å². The molecule has 0 aliphatic rings. The smallest absolute Gasteiger partial charge is 0.255 e. The minimum Gasteiger partial charge on any atom is -0.345 e. The van der Waals surface area contributed by atoms with Crippen LogP contribution < -0.4 is 5.32 Å². The van der Waals surface area contributed by atoms with Crippen molar-refractivity contribution in [2.24, 2.45) is 0 Å². The van der Waals surface area contributed by atoms with E-state index >= 15 is 0 Å². The lowest BCUT2D eigenvalue weighted by molar-refractivity contribution is 0.102. The van der Waals surface area contributed by atoms with E-state index in [4.69, 9.17) is 0 Å². The van der Waals surface area contributed by atoms with Gasteiger partial charge < -0.3 is 10.3 Å². The number of carbonyl (C=O) groups excluding carboxylic acids is 1. The number of nitrogens with one attached hydrogen (secondary N) is 2. The van der Waals surface area contributed by atoms with E-state index in [1.54, 1.807) is 36.0 Å². The van der Waals surface area contributed by atoms with Crippen molar-refractivity contribution in [3.63, 3.8) is 0 Å². The fourth-order valence-corrected chi connectivity index (χ4v) is 2.99. The minimum absolute atomic E-state index is 0.150. The van der Waals surface area contributed by atoms with Crippen LogP contribution >= 0.6 is 11.3 Å². The number of carbonyl (C=O) groups is 1. The molecule has 0 atom stereocenters. The number of hydrogen-bond acceptors (Lipinski definition) is 4. The SMILES string of the molecule is O=C(Nc1ccc(-c2nccs2)cc1)c1ccc2nc[nH]c2c1. The van der Waals surface area contributed by atoms with Crippen molar-refractivity contribution in [1.29, 1.82) is 0 Å². The summed E-state index contributed by atoms with van der Waals surface area (Å²) < 4.78 is 0. The van der Waals surface area contributed by atoms with Crippen LogP contribution in [0.5, 0.6) is 0 Å². The van der Waals surface area contributed by atoms with Gasteiger partial charge in [0.2, 0.25) is 0 Å². The summed E-state index contributed by atoms with van der Waals surface area (Å²) in [5.74, 6) is -0.150. The molecule has 2 aromatic heterocycles. The molecule has 0 radical (unpaired) electrons. The van der Waals surface area contributed by atoms with E-state index in [1.165, 1.54) is 0 Å². The van der Waals surface area contributed by atoms with E-state index in [1.807, 2.05) is 35.7 Å². The van der Waals surface area contributed by atoms with Crippen LogP contribution in [0.1, 0.15) is 10.4 Å². The number of H-pyrrole nitrogens is 1. The number of imidazole rings is 1. The average Bonchev–Trinajstić information content (AvgIpc) is 3.26. The molecule has 0 unspecified atom stereocenters. The molecule has 2 aromatic carbocycles. The Labute approximate surface area is 136 Å². The zero-order chi connectivity index (χ0) is 15.6. The molecular weight excluding hydrogens is 308 g/mol. The molecule has 2 heterocycles. The van der Waals surface area contributed by atoms with E-state index in [9.17, 15) is 4.79 Å². The van der Waals surface area contributed by atoms with Crippen LogP contribution in [0.3, 0.4) is 0 Å². The number of aromatic nitrogens is 3. The van der Waals surface area contributed by atoms with Gasteiger partial charge in [-0.1, -0.05) is 0 Å². The molecule has 4 rings (SSSR count). The number of benzene rings is 2. The van der Waals surface area contributed by atoms with Crippen molar-refractivity contribution in [3.8, 4) is 10.6 Å². The maximum atomic E-state index is 12.3. The van der Waals surface area contributed by atoms with Gasteiger partial charge in [0, 0.05) is 28.4 Å². The lowest BCUT2D eigenvalue weighted by Crippen LogP contribution is -2.11. The number of hydrogen-bond donors (Lipinski definition) is 2. The molecule has 0 saturated heterocycles. The zero-order valence-corrected chi connectivity index (χ0v) is 12.8. The predicted octanol–water partition coefficient (Wildman–Crippen LogP) is 3.94.